The van der Waals surface area contributed by atoms with Crippen LogP contribution in [0.25, 0.3) is 0 Å². The van der Waals surface area contributed by atoms with Gasteiger partial charge in [0, 0.05) is 9.50 Å². The zero-order valence-corrected chi connectivity index (χ0v) is 11.0. The molecular weight excluding hydrogens is 311 g/mol. The molecule has 1 unspecified atom stereocenters. The fourth-order valence-electron chi connectivity index (χ4n) is 1.10. The minimum atomic E-state index is -1.12. The van der Waals surface area contributed by atoms with Crippen molar-refractivity contribution in [1.29, 1.82) is 0 Å². The van der Waals surface area contributed by atoms with Gasteiger partial charge < -0.3 is 16.2 Å². The average Bonchev–Trinajstić information content (AvgIpc) is 2.21. The first-order valence-corrected chi connectivity index (χ1v) is 5.80. The number of carboxylic acid groups (broad SMARTS) is 1. The highest BCUT2D eigenvalue weighted by Gasteiger charge is 2.17. The smallest absolute Gasteiger partial charge is 0.305 e. The van der Waals surface area contributed by atoms with E-state index in [1.54, 1.807) is 18.2 Å². The SMILES string of the molecule is NC(CC(=O)O)C(=O)Nc1ccc(Cl)cc1Br. The molecule has 0 aliphatic carbocycles. The molecule has 4 N–H and O–H groups in total. The molecule has 0 spiro atoms. The molecule has 17 heavy (non-hydrogen) atoms. The third-order valence-corrected chi connectivity index (χ3v) is 2.81. The summed E-state index contributed by atoms with van der Waals surface area (Å²) in [5.41, 5.74) is 5.90. The molecule has 0 bridgehead atoms. The van der Waals surface area contributed by atoms with Crippen molar-refractivity contribution in [2.24, 2.45) is 5.73 Å². The van der Waals surface area contributed by atoms with Crippen LogP contribution >= 0.6 is 27.5 Å². The maximum atomic E-state index is 11.5. The highest BCUT2D eigenvalue weighted by Crippen LogP contribution is 2.25. The molecule has 1 atom stereocenters. The Labute approximate surface area is 111 Å². The lowest BCUT2D eigenvalue weighted by molar-refractivity contribution is -0.138. The van der Waals surface area contributed by atoms with Gasteiger partial charge in [-0.15, -0.1) is 0 Å². The molecule has 1 amide bonds. The number of amides is 1. The molecule has 1 aromatic rings. The summed E-state index contributed by atoms with van der Waals surface area (Å²) in [6, 6.07) is 3.72. The molecule has 1 aromatic carbocycles. The van der Waals surface area contributed by atoms with E-state index in [0.29, 0.717) is 15.2 Å². The second-order valence-corrected chi connectivity index (χ2v) is 4.61. The number of nitrogens with one attached hydrogen (secondary N) is 1. The van der Waals surface area contributed by atoms with Crippen molar-refractivity contribution >= 4 is 45.1 Å². The molecule has 0 fully saturated rings. The fourth-order valence-corrected chi connectivity index (χ4v) is 1.88. The second-order valence-electron chi connectivity index (χ2n) is 3.32. The molecule has 0 heterocycles. The average molecular weight is 322 g/mol. The van der Waals surface area contributed by atoms with Gasteiger partial charge in [-0.25, -0.2) is 0 Å². The largest absolute Gasteiger partial charge is 0.481 e. The molecular formula is C10H10BrClN2O3. The van der Waals surface area contributed by atoms with Gasteiger partial charge in [-0.3, -0.25) is 9.59 Å². The van der Waals surface area contributed by atoms with Crippen molar-refractivity contribution in [3.8, 4) is 0 Å². The van der Waals surface area contributed by atoms with Gasteiger partial charge in [0.05, 0.1) is 18.2 Å². The first kappa shape index (κ1) is 14.0. The van der Waals surface area contributed by atoms with Crippen LogP contribution in [0.5, 0.6) is 0 Å². The Morgan fingerprint density at radius 3 is 2.71 bits per heavy atom. The lowest BCUT2D eigenvalue weighted by Crippen LogP contribution is -2.37. The van der Waals surface area contributed by atoms with Crippen LogP contribution in [0, 0.1) is 0 Å². The van der Waals surface area contributed by atoms with E-state index in [4.69, 9.17) is 22.4 Å². The van der Waals surface area contributed by atoms with E-state index in [1.165, 1.54) is 0 Å². The van der Waals surface area contributed by atoms with E-state index in [0.717, 1.165) is 0 Å². The molecule has 5 nitrogen and oxygen atoms in total. The van der Waals surface area contributed by atoms with Crippen LogP contribution in [0.2, 0.25) is 5.02 Å². The molecule has 0 aromatic heterocycles. The highest BCUT2D eigenvalue weighted by atomic mass is 79.9. The summed E-state index contributed by atoms with van der Waals surface area (Å²) >= 11 is 8.96. The summed E-state index contributed by atoms with van der Waals surface area (Å²) in [7, 11) is 0. The van der Waals surface area contributed by atoms with Crippen molar-refractivity contribution in [1.82, 2.24) is 0 Å². The lowest BCUT2D eigenvalue weighted by Gasteiger charge is -2.11. The van der Waals surface area contributed by atoms with Crippen molar-refractivity contribution in [2.75, 3.05) is 5.32 Å². The van der Waals surface area contributed by atoms with E-state index in [2.05, 4.69) is 21.2 Å². The summed E-state index contributed by atoms with van der Waals surface area (Å²) in [4.78, 5) is 21.9. The Balaban J connectivity index is 2.71. The van der Waals surface area contributed by atoms with E-state index < -0.39 is 24.3 Å². The third kappa shape index (κ3) is 4.33. The van der Waals surface area contributed by atoms with Gasteiger partial charge in [0.15, 0.2) is 0 Å². The Kier molecular flexibility index (Phi) is 4.92. The Morgan fingerprint density at radius 2 is 2.18 bits per heavy atom. The van der Waals surface area contributed by atoms with Crippen LogP contribution in [0.3, 0.4) is 0 Å². The molecule has 0 aliphatic heterocycles. The third-order valence-electron chi connectivity index (χ3n) is 1.92. The molecule has 0 radical (unpaired) electrons. The summed E-state index contributed by atoms with van der Waals surface area (Å²) in [5, 5.41) is 11.5. The maximum Gasteiger partial charge on any atom is 0.305 e. The number of carboxylic acids is 1. The number of hydrogen-bond donors (Lipinski definition) is 3. The Bertz CT molecular complexity index is 453. The minimum Gasteiger partial charge on any atom is -0.481 e. The highest BCUT2D eigenvalue weighted by molar-refractivity contribution is 9.10. The first-order valence-electron chi connectivity index (χ1n) is 4.63. The second kappa shape index (κ2) is 6.00. The van der Waals surface area contributed by atoms with E-state index >= 15 is 0 Å². The van der Waals surface area contributed by atoms with Crippen LogP contribution in [-0.4, -0.2) is 23.0 Å². The molecule has 0 saturated carbocycles. The Morgan fingerprint density at radius 1 is 1.53 bits per heavy atom. The van der Waals surface area contributed by atoms with Crippen LogP contribution in [0.4, 0.5) is 5.69 Å². The number of nitrogens with two attached hydrogens (primary N) is 1. The molecule has 0 aliphatic rings. The van der Waals surface area contributed by atoms with Crippen LogP contribution in [0.15, 0.2) is 22.7 Å². The zero-order valence-electron chi connectivity index (χ0n) is 8.61. The lowest BCUT2D eigenvalue weighted by atomic mass is 10.2. The van der Waals surface area contributed by atoms with E-state index in [-0.39, 0.29) is 0 Å². The van der Waals surface area contributed by atoms with Gasteiger partial charge in [0.2, 0.25) is 5.91 Å². The molecule has 0 saturated heterocycles. The van der Waals surface area contributed by atoms with E-state index in [9.17, 15) is 9.59 Å². The first-order chi connectivity index (χ1) is 7.90. The zero-order chi connectivity index (χ0) is 13.0. The maximum absolute atomic E-state index is 11.5. The topological polar surface area (TPSA) is 92.4 Å². The number of benzene rings is 1. The van der Waals surface area contributed by atoms with Gasteiger partial charge in [-0.2, -0.15) is 0 Å². The van der Waals surface area contributed by atoms with Gasteiger partial charge in [-0.1, -0.05) is 11.6 Å². The number of hydrogen-bond acceptors (Lipinski definition) is 3. The van der Waals surface area contributed by atoms with Crippen molar-refractivity contribution in [2.45, 2.75) is 12.5 Å². The van der Waals surface area contributed by atoms with Crippen LogP contribution < -0.4 is 11.1 Å². The van der Waals surface area contributed by atoms with Crippen LogP contribution in [0.1, 0.15) is 6.42 Å². The monoisotopic (exact) mass is 320 g/mol. The molecule has 92 valence electrons. The van der Waals surface area contributed by atoms with Gasteiger partial charge in [-0.05, 0) is 34.1 Å². The number of aliphatic carboxylic acids is 1. The summed E-state index contributed by atoms with van der Waals surface area (Å²) in [6.45, 7) is 0. The van der Waals surface area contributed by atoms with Gasteiger partial charge in [0.1, 0.15) is 0 Å². The van der Waals surface area contributed by atoms with Crippen LogP contribution in [-0.2, 0) is 9.59 Å². The van der Waals surface area contributed by atoms with Gasteiger partial charge in [0.25, 0.3) is 0 Å². The standard InChI is InChI=1S/C10H10BrClN2O3/c11-6-3-5(12)1-2-8(6)14-10(17)7(13)4-9(15)16/h1-3,7H,4,13H2,(H,14,17)(H,15,16). The van der Waals surface area contributed by atoms with Crippen molar-refractivity contribution in [3.63, 3.8) is 0 Å². The summed E-state index contributed by atoms with van der Waals surface area (Å²) < 4.78 is 0.598. The molecule has 1 rings (SSSR count). The van der Waals surface area contributed by atoms with Crippen molar-refractivity contribution < 1.29 is 14.7 Å². The Hall–Kier alpha value is -1.11. The van der Waals surface area contributed by atoms with Crippen molar-refractivity contribution in [3.05, 3.63) is 27.7 Å². The fraction of sp³-hybridized carbons (Fsp3) is 0.200. The summed E-state index contributed by atoms with van der Waals surface area (Å²) in [6.07, 6.45) is -0.420. The predicted molar refractivity (Wildman–Crippen MR) is 68.0 cm³/mol. The number of carbonyl (C=O) groups is 2. The number of rotatable bonds is 4. The number of carbonyl (C=O) groups excluding carboxylic acids is 1. The summed E-state index contributed by atoms with van der Waals surface area (Å²) in [5.74, 6) is -1.68. The number of halogens is 2. The normalized spacial score (nSPS) is 11.9. The van der Waals surface area contributed by atoms with Gasteiger partial charge >= 0.3 is 5.97 Å². The number of anilines is 1. The minimum absolute atomic E-state index is 0.420. The quantitative estimate of drug-likeness (QED) is 0.789. The predicted octanol–water partition coefficient (Wildman–Crippen LogP) is 1.84. The van der Waals surface area contributed by atoms with E-state index in [1.807, 2.05) is 0 Å². The molecule has 7 heteroatoms.